The van der Waals surface area contributed by atoms with Crippen LogP contribution < -0.4 is 5.32 Å². The van der Waals surface area contributed by atoms with Crippen molar-refractivity contribution in [2.24, 2.45) is 0 Å². The number of rotatable bonds is 1. The van der Waals surface area contributed by atoms with Crippen molar-refractivity contribution in [1.29, 1.82) is 0 Å². The molecule has 0 fully saturated rings. The minimum atomic E-state index is 0.0370. The lowest BCUT2D eigenvalue weighted by Gasteiger charge is -2.17. The molecule has 1 atom stereocenters. The molecule has 0 saturated heterocycles. The highest BCUT2D eigenvalue weighted by molar-refractivity contribution is 4.79. The van der Waals surface area contributed by atoms with Crippen LogP contribution in [0.1, 0.15) is 0 Å². The Labute approximate surface area is 48.9 Å². The smallest absolute Gasteiger partial charge is 0.228 e. The summed E-state index contributed by atoms with van der Waals surface area (Å²) in [6.07, 6.45) is 3.46. The normalized spacial score (nSPS) is 25.6. The summed E-state index contributed by atoms with van der Waals surface area (Å²) in [6.45, 7) is 0. The molecule has 1 aliphatic heterocycles. The van der Waals surface area contributed by atoms with Crippen LogP contribution in [0.2, 0.25) is 0 Å². The third kappa shape index (κ3) is 0.924. The minimum Gasteiger partial charge on any atom is -0.463 e. The van der Waals surface area contributed by atoms with E-state index >= 15 is 0 Å². The van der Waals surface area contributed by atoms with Crippen LogP contribution in [0.25, 0.3) is 0 Å². The van der Waals surface area contributed by atoms with E-state index in [9.17, 15) is 0 Å². The molecule has 0 aromatic heterocycles. The molecule has 3 nitrogen and oxygen atoms in total. The van der Waals surface area contributed by atoms with Crippen molar-refractivity contribution in [2.45, 2.75) is 6.35 Å². The zero-order valence-corrected chi connectivity index (χ0v) is 5.09. The molecule has 0 aromatic carbocycles. The molecule has 3 heteroatoms. The monoisotopic (exact) mass is 114 g/mol. The maximum Gasteiger partial charge on any atom is 0.228 e. The van der Waals surface area contributed by atoms with Crippen molar-refractivity contribution >= 4 is 0 Å². The zero-order chi connectivity index (χ0) is 5.98. The Hall–Kier alpha value is -0.700. The van der Waals surface area contributed by atoms with E-state index in [1.807, 2.05) is 19.0 Å². The van der Waals surface area contributed by atoms with Crippen LogP contribution in [-0.2, 0) is 4.74 Å². The van der Waals surface area contributed by atoms with Crippen molar-refractivity contribution in [2.75, 3.05) is 14.1 Å². The first-order valence-corrected chi connectivity index (χ1v) is 2.53. The summed E-state index contributed by atoms with van der Waals surface area (Å²) in [4.78, 5) is 1.94. The van der Waals surface area contributed by atoms with Gasteiger partial charge in [0, 0.05) is 6.20 Å². The van der Waals surface area contributed by atoms with Gasteiger partial charge in [-0.1, -0.05) is 0 Å². The van der Waals surface area contributed by atoms with Crippen molar-refractivity contribution in [3.8, 4) is 0 Å². The molecule has 0 saturated carbocycles. The highest BCUT2D eigenvalue weighted by Crippen LogP contribution is 1.97. The molecule has 0 aliphatic carbocycles. The van der Waals surface area contributed by atoms with Crippen LogP contribution in [0.5, 0.6) is 0 Å². The average molecular weight is 114 g/mol. The van der Waals surface area contributed by atoms with Crippen molar-refractivity contribution in [3.05, 3.63) is 12.5 Å². The van der Waals surface area contributed by atoms with Gasteiger partial charge >= 0.3 is 0 Å². The molecule has 1 aliphatic rings. The van der Waals surface area contributed by atoms with Crippen LogP contribution in [0, 0.1) is 0 Å². The lowest BCUT2D eigenvalue weighted by molar-refractivity contribution is 0.0278. The van der Waals surface area contributed by atoms with E-state index in [2.05, 4.69) is 5.32 Å². The highest BCUT2D eigenvalue weighted by Gasteiger charge is 2.10. The predicted octanol–water partition coefficient (Wildman–Crippen LogP) is -0.0774. The van der Waals surface area contributed by atoms with Gasteiger partial charge in [0.25, 0.3) is 0 Å². The minimum absolute atomic E-state index is 0.0370. The largest absolute Gasteiger partial charge is 0.463 e. The topological polar surface area (TPSA) is 24.5 Å². The maximum absolute atomic E-state index is 5.05. The van der Waals surface area contributed by atoms with Crippen LogP contribution in [0.3, 0.4) is 0 Å². The fourth-order valence-corrected chi connectivity index (χ4v) is 0.545. The van der Waals surface area contributed by atoms with Crippen LogP contribution >= 0.6 is 0 Å². The molecule has 8 heavy (non-hydrogen) atoms. The number of hydrogen-bond donors (Lipinski definition) is 1. The summed E-state index contributed by atoms with van der Waals surface area (Å²) in [5.74, 6) is 0. The second-order valence-electron chi connectivity index (χ2n) is 1.92. The Morgan fingerprint density at radius 3 is 2.62 bits per heavy atom. The molecular formula is C5H10N2O. The second kappa shape index (κ2) is 2.05. The molecule has 0 spiro atoms. The van der Waals surface area contributed by atoms with Crippen LogP contribution in [-0.4, -0.2) is 25.3 Å². The van der Waals surface area contributed by atoms with E-state index in [0.717, 1.165) is 0 Å². The molecule has 0 bridgehead atoms. The Bertz CT molecular complexity index is 92.6. The summed E-state index contributed by atoms with van der Waals surface area (Å²) in [6, 6.07) is 0. The Morgan fingerprint density at radius 2 is 2.38 bits per heavy atom. The Kier molecular flexibility index (Phi) is 1.39. The molecular weight excluding hydrogens is 104 g/mol. The fraction of sp³-hybridized carbons (Fsp3) is 0.600. The van der Waals surface area contributed by atoms with Crippen LogP contribution in [0.15, 0.2) is 12.5 Å². The molecule has 0 amide bonds. The van der Waals surface area contributed by atoms with E-state index in [0.29, 0.717) is 0 Å². The highest BCUT2D eigenvalue weighted by atomic mass is 16.5. The number of hydrogen-bond acceptors (Lipinski definition) is 3. The van der Waals surface area contributed by atoms with E-state index in [4.69, 9.17) is 4.74 Å². The second-order valence-corrected chi connectivity index (χ2v) is 1.92. The lowest BCUT2D eigenvalue weighted by Crippen LogP contribution is -2.36. The lowest BCUT2D eigenvalue weighted by atomic mass is 10.8. The van der Waals surface area contributed by atoms with Crippen molar-refractivity contribution in [3.63, 3.8) is 0 Å². The van der Waals surface area contributed by atoms with Gasteiger partial charge in [0.1, 0.15) is 6.26 Å². The van der Waals surface area contributed by atoms with Gasteiger partial charge < -0.3 is 10.1 Å². The molecule has 0 aromatic rings. The van der Waals surface area contributed by atoms with Gasteiger partial charge in [-0.25, -0.2) is 0 Å². The molecule has 1 rings (SSSR count). The SMILES string of the molecule is CN(C)C1NC=CO1. The summed E-state index contributed by atoms with van der Waals surface area (Å²) >= 11 is 0. The van der Waals surface area contributed by atoms with Gasteiger partial charge in [0.05, 0.1) is 0 Å². The summed E-state index contributed by atoms with van der Waals surface area (Å²) < 4.78 is 5.05. The van der Waals surface area contributed by atoms with E-state index in [1.54, 1.807) is 12.5 Å². The predicted molar refractivity (Wildman–Crippen MR) is 30.8 cm³/mol. The first-order valence-electron chi connectivity index (χ1n) is 2.53. The maximum atomic E-state index is 5.05. The van der Waals surface area contributed by atoms with Crippen LogP contribution in [0.4, 0.5) is 0 Å². The number of nitrogens with one attached hydrogen (secondary N) is 1. The third-order valence-electron chi connectivity index (χ3n) is 0.983. The quantitative estimate of drug-likeness (QED) is 0.516. The van der Waals surface area contributed by atoms with Gasteiger partial charge in [-0.2, -0.15) is 0 Å². The molecule has 1 heterocycles. The fourth-order valence-electron chi connectivity index (χ4n) is 0.545. The third-order valence-corrected chi connectivity index (χ3v) is 0.983. The standard InChI is InChI=1S/C5H10N2O/c1-7(2)5-6-3-4-8-5/h3-6H,1-2H3. The van der Waals surface area contributed by atoms with E-state index in [1.165, 1.54) is 0 Å². The average Bonchev–Trinajstić information content (AvgIpc) is 2.12. The Morgan fingerprint density at radius 1 is 1.62 bits per heavy atom. The Balaban J connectivity index is 2.29. The van der Waals surface area contributed by atoms with Crippen molar-refractivity contribution < 1.29 is 4.74 Å². The summed E-state index contributed by atoms with van der Waals surface area (Å²) in [7, 11) is 3.90. The van der Waals surface area contributed by atoms with Gasteiger partial charge in [0.2, 0.25) is 6.35 Å². The number of nitrogens with zero attached hydrogens (tertiary/aromatic N) is 1. The molecule has 46 valence electrons. The molecule has 0 radical (unpaired) electrons. The molecule has 1 N–H and O–H groups in total. The first kappa shape index (κ1) is 5.44. The molecule has 1 unspecified atom stereocenters. The van der Waals surface area contributed by atoms with Crippen molar-refractivity contribution in [1.82, 2.24) is 10.2 Å². The van der Waals surface area contributed by atoms with Gasteiger partial charge in [-0.05, 0) is 14.1 Å². The van der Waals surface area contributed by atoms with E-state index < -0.39 is 0 Å². The van der Waals surface area contributed by atoms with Gasteiger partial charge in [0.15, 0.2) is 0 Å². The van der Waals surface area contributed by atoms with Gasteiger partial charge in [-0.15, -0.1) is 0 Å². The number of ether oxygens (including phenoxy) is 1. The zero-order valence-electron chi connectivity index (χ0n) is 5.09. The first-order chi connectivity index (χ1) is 3.80. The van der Waals surface area contributed by atoms with E-state index in [-0.39, 0.29) is 6.35 Å². The van der Waals surface area contributed by atoms with Gasteiger partial charge in [-0.3, -0.25) is 4.90 Å². The summed E-state index contributed by atoms with van der Waals surface area (Å²) in [5.41, 5.74) is 0. The summed E-state index contributed by atoms with van der Waals surface area (Å²) in [5, 5.41) is 2.98.